The third-order valence-electron chi connectivity index (χ3n) is 4.96. The SMILES string of the molecule is CC1=CCC[C@H](C)[C@H]1CN(C)C[C@H](O)CN1CCOCC1. The molecule has 3 atom stereocenters. The normalized spacial score (nSPS) is 29.5. The molecule has 1 N–H and O–H groups in total. The molecule has 0 aromatic carbocycles. The van der Waals surface area contributed by atoms with Crippen LogP contribution in [0.3, 0.4) is 0 Å². The number of ether oxygens (including phenoxy) is 1. The van der Waals surface area contributed by atoms with Crippen LogP contribution in [0.25, 0.3) is 0 Å². The molecule has 0 spiro atoms. The van der Waals surface area contributed by atoms with E-state index in [1.807, 2.05) is 0 Å². The van der Waals surface area contributed by atoms with Gasteiger partial charge in [0.25, 0.3) is 0 Å². The van der Waals surface area contributed by atoms with Gasteiger partial charge in [-0.25, -0.2) is 0 Å². The summed E-state index contributed by atoms with van der Waals surface area (Å²) in [7, 11) is 2.14. The van der Waals surface area contributed by atoms with Crippen LogP contribution in [0.2, 0.25) is 0 Å². The van der Waals surface area contributed by atoms with Crippen molar-refractivity contribution in [1.29, 1.82) is 0 Å². The Balaban J connectivity index is 1.73. The van der Waals surface area contributed by atoms with Crippen LogP contribution < -0.4 is 0 Å². The molecule has 0 bridgehead atoms. The van der Waals surface area contributed by atoms with Gasteiger partial charge in [0.2, 0.25) is 0 Å². The number of hydrogen-bond acceptors (Lipinski definition) is 4. The molecule has 2 rings (SSSR count). The molecular weight excluding hydrogens is 264 g/mol. The summed E-state index contributed by atoms with van der Waals surface area (Å²) in [5, 5.41) is 10.3. The molecule has 0 aromatic rings. The molecule has 4 nitrogen and oxygen atoms in total. The van der Waals surface area contributed by atoms with Crippen molar-refractivity contribution in [3.63, 3.8) is 0 Å². The van der Waals surface area contributed by atoms with Crippen molar-refractivity contribution < 1.29 is 9.84 Å². The molecule has 122 valence electrons. The fourth-order valence-electron chi connectivity index (χ4n) is 3.61. The average Bonchev–Trinajstić information content (AvgIpc) is 2.44. The lowest BCUT2D eigenvalue weighted by atomic mass is 9.80. The Bertz CT molecular complexity index is 340. The smallest absolute Gasteiger partial charge is 0.0793 e. The molecule has 1 saturated heterocycles. The quantitative estimate of drug-likeness (QED) is 0.755. The summed E-state index contributed by atoms with van der Waals surface area (Å²) < 4.78 is 5.35. The minimum Gasteiger partial charge on any atom is -0.390 e. The third kappa shape index (κ3) is 5.37. The number of rotatable bonds is 6. The first-order chi connectivity index (χ1) is 10.1. The molecule has 1 fully saturated rings. The lowest BCUT2D eigenvalue weighted by molar-refractivity contribution is 0.00762. The Morgan fingerprint density at radius 2 is 2.14 bits per heavy atom. The molecular formula is C17H32N2O2. The van der Waals surface area contributed by atoms with Crippen LogP contribution in [0, 0.1) is 11.8 Å². The Labute approximate surface area is 129 Å². The number of nitrogens with zero attached hydrogens (tertiary/aromatic N) is 2. The van der Waals surface area contributed by atoms with Crippen molar-refractivity contribution in [2.75, 3.05) is 53.0 Å². The fourth-order valence-corrected chi connectivity index (χ4v) is 3.61. The van der Waals surface area contributed by atoms with Crippen molar-refractivity contribution in [3.05, 3.63) is 11.6 Å². The summed E-state index contributed by atoms with van der Waals surface area (Å²) in [4.78, 5) is 4.60. The summed E-state index contributed by atoms with van der Waals surface area (Å²) in [6.07, 6.45) is 4.65. The highest BCUT2D eigenvalue weighted by molar-refractivity contribution is 5.09. The minimum absolute atomic E-state index is 0.267. The van der Waals surface area contributed by atoms with Gasteiger partial charge in [0.15, 0.2) is 0 Å². The molecule has 1 aliphatic heterocycles. The maximum atomic E-state index is 10.3. The molecule has 21 heavy (non-hydrogen) atoms. The fraction of sp³-hybridized carbons (Fsp3) is 0.882. The van der Waals surface area contributed by atoms with Gasteiger partial charge in [-0.05, 0) is 38.6 Å². The van der Waals surface area contributed by atoms with Crippen LogP contribution in [0.5, 0.6) is 0 Å². The number of β-amino-alcohol motifs (C(OH)–C–C–N with tert-alkyl or cyclic N) is 1. The molecule has 2 aliphatic rings. The number of allylic oxidation sites excluding steroid dienone is 1. The number of hydrogen-bond donors (Lipinski definition) is 1. The molecule has 1 aliphatic carbocycles. The predicted molar refractivity (Wildman–Crippen MR) is 86.4 cm³/mol. The summed E-state index contributed by atoms with van der Waals surface area (Å²) in [5.41, 5.74) is 1.53. The van der Waals surface area contributed by atoms with E-state index in [1.165, 1.54) is 18.4 Å². The van der Waals surface area contributed by atoms with Crippen molar-refractivity contribution in [2.24, 2.45) is 11.8 Å². The van der Waals surface area contributed by atoms with Crippen molar-refractivity contribution in [3.8, 4) is 0 Å². The zero-order valence-corrected chi connectivity index (χ0v) is 13.9. The highest BCUT2D eigenvalue weighted by atomic mass is 16.5. The van der Waals surface area contributed by atoms with Gasteiger partial charge in [-0.1, -0.05) is 18.6 Å². The van der Waals surface area contributed by atoms with Crippen molar-refractivity contribution in [1.82, 2.24) is 9.80 Å². The van der Waals surface area contributed by atoms with E-state index in [9.17, 15) is 5.11 Å². The van der Waals surface area contributed by atoms with Crippen LogP contribution in [-0.4, -0.2) is 74.0 Å². The summed E-state index contributed by atoms with van der Waals surface area (Å²) in [6.45, 7) is 10.7. The maximum Gasteiger partial charge on any atom is 0.0793 e. The molecule has 1 heterocycles. The van der Waals surface area contributed by atoms with Crippen LogP contribution in [-0.2, 0) is 4.74 Å². The Kier molecular flexibility index (Phi) is 6.68. The van der Waals surface area contributed by atoms with Gasteiger partial charge in [0, 0.05) is 32.7 Å². The first-order valence-corrected chi connectivity index (χ1v) is 8.39. The van der Waals surface area contributed by atoms with E-state index in [-0.39, 0.29) is 6.10 Å². The van der Waals surface area contributed by atoms with E-state index in [4.69, 9.17) is 4.74 Å². The van der Waals surface area contributed by atoms with E-state index in [0.29, 0.717) is 5.92 Å². The monoisotopic (exact) mass is 296 g/mol. The van der Waals surface area contributed by atoms with E-state index >= 15 is 0 Å². The van der Waals surface area contributed by atoms with Crippen LogP contribution >= 0.6 is 0 Å². The van der Waals surface area contributed by atoms with Gasteiger partial charge in [0.1, 0.15) is 0 Å². The number of likely N-dealkylation sites (N-methyl/N-ethyl adjacent to an activating group) is 1. The van der Waals surface area contributed by atoms with Gasteiger partial charge in [-0.3, -0.25) is 4.90 Å². The Hall–Kier alpha value is -0.420. The van der Waals surface area contributed by atoms with E-state index in [1.54, 1.807) is 0 Å². The lowest BCUT2D eigenvalue weighted by Gasteiger charge is -2.34. The van der Waals surface area contributed by atoms with Crippen LogP contribution in [0.4, 0.5) is 0 Å². The zero-order valence-electron chi connectivity index (χ0n) is 13.9. The second-order valence-corrected chi connectivity index (χ2v) is 6.90. The van der Waals surface area contributed by atoms with Crippen molar-refractivity contribution >= 4 is 0 Å². The molecule has 0 aromatic heterocycles. The molecule has 4 heteroatoms. The average molecular weight is 296 g/mol. The minimum atomic E-state index is -0.267. The number of aliphatic hydroxyl groups excluding tert-OH is 1. The number of aliphatic hydroxyl groups is 1. The van der Waals surface area contributed by atoms with Crippen LogP contribution in [0.15, 0.2) is 11.6 Å². The molecule has 0 radical (unpaired) electrons. The van der Waals surface area contributed by atoms with Gasteiger partial charge < -0.3 is 14.7 Å². The topological polar surface area (TPSA) is 35.9 Å². The Morgan fingerprint density at radius 3 is 2.81 bits per heavy atom. The second-order valence-electron chi connectivity index (χ2n) is 6.90. The van der Waals surface area contributed by atoms with Gasteiger partial charge in [-0.15, -0.1) is 0 Å². The summed E-state index contributed by atoms with van der Waals surface area (Å²) in [5.74, 6) is 1.41. The van der Waals surface area contributed by atoms with Crippen LogP contribution in [0.1, 0.15) is 26.7 Å². The third-order valence-corrected chi connectivity index (χ3v) is 4.96. The first-order valence-electron chi connectivity index (χ1n) is 8.39. The Morgan fingerprint density at radius 1 is 1.43 bits per heavy atom. The van der Waals surface area contributed by atoms with Gasteiger partial charge in [-0.2, -0.15) is 0 Å². The van der Waals surface area contributed by atoms with E-state index in [2.05, 4.69) is 36.8 Å². The van der Waals surface area contributed by atoms with Gasteiger partial charge in [0.05, 0.1) is 19.3 Å². The van der Waals surface area contributed by atoms with Gasteiger partial charge >= 0.3 is 0 Å². The summed E-state index contributed by atoms with van der Waals surface area (Å²) >= 11 is 0. The van der Waals surface area contributed by atoms with Crippen molar-refractivity contribution in [2.45, 2.75) is 32.8 Å². The van der Waals surface area contributed by atoms with E-state index in [0.717, 1.165) is 51.9 Å². The standard InChI is InChI=1S/C17H32N2O2/c1-14-5-4-6-15(2)17(14)13-18(3)11-16(20)12-19-7-9-21-10-8-19/h5,15-17,20H,4,6-13H2,1-3H3/t15-,16-,17-/m0/s1. The second kappa shape index (κ2) is 8.28. The lowest BCUT2D eigenvalue weighted by Crippen LogP contribution is -2.45. The zero-order chi connectivity index (χ0) is 15.2. The molecule has 0 amide bonds. The first kappa shape index (κ1) is 16.9. The molecule has 0 saturated carbocycles. The maximum absolute atomic E-state index is 10.3. The summed E-state index contributed by atoms with van der Waals surface area (Å²) in [6, 6.07) is 0. The largest absolute Gasteiger partial charge is 0.390 e. The predicted octanol–water partition coefficient (Wildman–Crippen LogP) is 1.60. The highest BCUT2D eigenvalue weighted by Gasteiger charge is 2.24. The molecule has 0 unspecified atom stereocenters. The number of morpholine rings is 1. The van der Waals surface area contributed by atoms with E-state index < -0.39 is 0 Å². The highest BCUT2D eigenvalue weighted by Crippen LogP contribution is 2.30.